The average Bonchev–Trinajstić information content (AvgIpc) is 1.14. The maximum Gasteiger partial charge on any atom is 0.235 e. The lowest BCUT2D eigenvalue weighted by atomic mass is 26.7. The van der Waals surface area contributed by atoms with Crippen LogP contribution < -0.4 is 0 Å². The van der Waals surface area contributed by atoms with Crippen LogP contribution in [0.2, 0.25) is 0 Å². The van der Waals surface area contributed by atoms with Gasteiger partial charge in [0, 0.05) is 0 Å². The number of hydrogen-bond acceptors (Lipinski definition) is 0. The summed E-state index contributed by atoms with van der Waals surface area (Å²) in [5.74, 6) is 0. The van der Waals surface area contributed by atoms with Crippen LogP contribution in [0, 0.1) is 0 Å². The largest absolute Gasteiger partial charge is 0.235 e. The SMILES string of the molecule is I[Si](I)(I)[SiH2][Si](I)(I)I. The molecule has 0 N–H and O–H groups in total. The third-order valence-corrected chi connectivity index (χ3v) is 72.6. The van der Waals surface area contributed by atoms with E-state index in [2.05, 4.69) is 131 Å². The summed E-state index contributed by atoms with van der Waals surface area (Å²) in [6.07, 6.45) is 0. The second-order valence-electron chi connectivity index (χ2n) is 1.41. The Kier molecular flexibility index (Phi) is 9.04. The normalized spacial score (nSPS) is 14.0. The van der Waals surface area contributed by atoms with Crippen molar-refractivity contribution in [3.8, 4) is 0 Å². The fourth-order valence-electron chi connectivity index (χ4n) is 0.227. The summed E-state index contributed by atoms with van der Waals surface area (Å²) in [6.45, 7) is 0. The first kappa shape index (κ1) is 14.0. The van der Waals surface area contributed by atoms with E-state index in [0.717, 1.165) is 0 Å². The summed E-state index contributed by atoms with van der Waals surface area (Å²) >= 11 is 16.2. The maximum atomic E-state index is 2.70. The van der Waals surface area contributed by atoms with Crippen molar-refractivity contribution in [2.45, 2.75) is 0 Å². The molecular formula is H2I6Si3. The Morgan fingerprint density at radius 3 is 0.889 bits per heavy atom. The molecule has 0 aromatic carbocycles. The monoisotopic (exact) mass is 847 g/mol. The molecule has 0 heterocycles. The molecule has 0 spiro atoms. The van der Waals surface area contributed by atoms with Crippen molar-refractivity contribution < 1.29 is 0 Å². The maximum absolute atomic E-state index is 2.70. The molecule has 9 heavy (non-hydrogen) atoms. The van der Waals surface area contributed by atoms with Crippen LogP contribution in [0.3, 0.4) is 0 Å². The molecule has 0 saturated heterocycles. The van der Waals surface area contributed by atoms with Gasteiger partial charge in [-0.05, 0) is 0 Å². The fraction of sp³-hybridized carbons (Fsp3) is 0. The van der Waals surface area contributed by atoms with Crippen molar-refractivity contribution >= 4 is 140 Å². The standard InChI is InChI=1S/H2I6Si3/c1-8(2,3)7-9(4,5)6/h7H2. The number of rotatable bonds is 2. The highest BCUT2D eigenvalue weighted by Crippen LogP contribution is 2.37. The number of halogens is 6. The minimum Gasteiger partial charge on any atom is -0.0956 e. The lowest BCUT2D eigenvalue weighted by molar-refractivity contribution is 4.18. The highest BCUT2D eigenvalue weighted by atomic mass is 127. The molecule has 9 heteroatoms. The first-order valence-electron chi connectivity index (χ1n) is 1.84. The average molecular weight is 848 g/mol. The molecule has 0 bridgehead atoms. The first-order chi connectivity index (χ1) is 3.71. The third kappa shape index (κ3) is 13.0. The van der Waals surface area contributed by atoms with Gasteiger partial charge in [-0.1, -0.05) is 131 Å². The molecule has 0 aromatic heterocycles. The zero-order chi connectivity index (χ0) is 7.71. The van der Waals surface area contributed by atoms with E-state index in [1.165, 1.54) is 0 Å². The molecule has 0 rings (SSSR count). The van der Waals surface area contributed by atoms with Crippen LogP contribution in [-0.4, -0.2) is 8.72 Å². The summed E-state index contributed by atoms with van der Waals surface area (Å²) < 4.78 is -1.41. The van der Waals surface area contributed by atoms with E-state index in [1.807, 2.05) is 0 Å². The molecule has 56 valence electrons. The van der Waals surface area contributed by atoms with Crippen LogP contribution in [0.1, 0.15) is 0 Å². The second kappa shape index (κ2) is 5.80. The van der Waals surface area contributed by atoms with E-state index in [0.29, 0.717) is 0 Å². The van der Waals surface area contributed by atoms with Gasteiger partial charge >= 0.3 is 0 Å². The fourth-order valence-corrected chi connectivity index (χ4v) is 276. The van der Waals surface area contributed by atoms with E-state index in [9.17, 15) is 0 Å². The minimum atomic E-state index is -0.705. The second-order valence-corrected chi connectivity index (χ2v) is 111. The zero-order valence-corrected chi connectivity index (χ0v) is 20.3. The molecule has 0 radical (unpaired) electrons. The molecular weight excluding hydrogens is 846 g/mol. The zero-order valence-electron chi connectivity index (χ0n) is 3.97. The van der Waals surface area contributed by atoms with Gasteiger partial charge in [0.05, 0.1) is 8.55 Å². The molecule has 0 fully saturated rings. The summed E-state index contributed by atoms with van der Waals surface area (Å²) in [5, 5.41) is 0. The van der Waals surface area contributed by atoms with Crippen molar-refractivity contribution in [2.24, 2.45) is 0 Å². The Morgan fingerprint density at radius 2 is 0.889 bits per heavy atom. The lowest BCUT2D eigenvalue weighted by Crippen LogP contribution is -2.33. The molecule has 0 atom stereocenters. The van der Waals surface area contributed by atoms with E-state index < -0.39 is 0.163 Å². The van der Waals surface area contributed by atoms with Gasteiger partial charge in [-0.15, -0.1) is 0 Å². The molecule has 0 aromatic rings. The van der Waals surface area contributed by atoms with Crippen LogP contribution in [-0.2, 0) is 0 Å². The van der Waals surface area contributed by atoms with Crippen LogP contribution in [0.5, 0.6) is 0 Å². The Hall–Kier alpha value is 5.03. The smallest absolute Gasteiger partial charge is 0.0956 e. The van der Waals surface area contributed by atoms with Crippen LogP contribution in [0.4, 0.5) is 0 Å². The van der Waals surface area contributed by atoms with Crippen molar-refractivity contribution in [3.63, 3.8) is 0 Å². The Morgan fingerprint density at radius 1 is 0.667 bits per heavy atom. The molecule has 0 unspecified atom stereocenters. The van der Waals surface area contributed by atoms with Crippen molar-refractivity contribution in [2.75, 3.05) is 0 Å². The molecule has 0 saturated carbocycles. The summed E-state index contributed by atoms with van der Waals surface area (Å²) in [6, 6.07) is 0. The van der Waals surface area contributed by atoms with E-state index in [-0.39, 0.29) is 8.55 Å². The van der Waals surface area contributed by atoms with Crippen LogP contribution in [0.25, 0.3) is 0 Å². The molecule has 0 aliphatic rings. The predicted octanol–water partition coefficient (Wildman–Crippen LogP) is 3.64. The van der Waals surface area contributed by atoms with Crippen molar-refractivity contribution in [1.29, 1.82) is 0 Å². The van der Waals surface area contributed by atoms with E-state index >= 15 is 0 Å². The highest BCUT2D eigenvalue weighted by Gasteiger charge is 2.35. The molecule has 0 nitrogen and oxygen atoms in total. The highest BCUT2D eigenvalue weighted by molar-refractivity contribution is 14.4. The van der Waals surface area contributed by atoms with Gasteiger partial charge in [-0.2, -0.15) is 0 Å². The minimum absolute atomic E-state index is 0.286. The Balaban J connectivity index is 3.75. The van der Waals surface area contributed by atoms with Crippen molar-refractivity contribution in [3.05, 3.63) is 0 Å². The van der Waals surface area contributed by atoms with E-state index in [4.69, 9.17) is 0 Å². The Labute approximate surface area is 135 Å². The van der Waals surface area contributed by atoms with Crippen molar-refractivity contribution in [1.82, 2.24) is 0 Å². The lowest BCUT2D eigenvalue weighted by Gasteiger charge is -2.13. The van der Waals surface area contributed by atoms with Gasteiger partial charge in [0.15, 0.2) is 0 Å². The quantitative estimate of drug-likeness (QED) is 0.227. The van der Waals surface area contributed by atoms with E-state index in [1.54, 1.807) is 0 Å². The van der Waals surface area contributed by atoms with Gasteiger partial charge < -0.3 is 0 Å². The van der Waals surface area contributed by atoms with Gasteiger partial charge in [0.2, 0.25) is 0.163 Å². The molecule has 0 aliphatic carbocycles. The van der Waals surface area contributed by atoms with Gasteiger partial charge in [-0.25, -0.2) is 0 Å². The van der Waals surface area contributed by atoms with Crippen LogP contribution in [0.15, 0.2) is 0 Å². The summed E-state index contributed by atoms with van der Waals surface area (Å²) in [7, 11) is 0.286. The van der Waals surface area contributed by atoms with Gasteiger partial charge in [0.1, 0.15) is 0 Å². The third-order valence-electron chi connectivity index (χ3n) is 0.401. The number of hydrogen-bond donors (Lipinski definition) is 0. The first-order valence-corrected chi connectivity index (χ1v) is 29.2. The summed E-state index contributed by atoms with van der Waals surface area (Å²) in [4.78, 5) is 0. The molecule has 0 amide bonds. The topological polar surface area (TPSA) is 0 Å². The van der Waals surface area contributed by atoms with Gasteiger partial charge in [-0.3, -0.25) is 0 Å². The molecule has 0 aliphatic heterocycles. The Bertz CT molecular complexity index is 73.5. The van der Waals surface area contributed by atoms with Crippen LogP contribution >= 0.6 is 131 Å². The predicted molar refractivity (Wildman–Crippen MR) is 104 cm³/mol. The summed E-state index contributed by atoms with van der Waals surface area (Å²) in [5.41, 5.74) is 0. The van der Waals surface area contributed by atoms with Gasteiger partial charge in [0.25, 0.3) is 0 Å².